The number of amides is 1. The van der Waals surface area contributed by atoms with Gasteiger partial charge >= 0.3 is 0 Å². The molecule has 0 saturated heterocycles. The highest BCUT2D eigenvalue weighted by atomic mass is 35.5. The molecule has 4 rings (SSSR count). The molecule has 0 aliphatic rings. The maximum Gasteiger partial charge on any atom is 0.266 e. The lowest BCUT2D eigenvalue weighted by atomic mass is 10.1. The molecule has 6 heteroatoms. The minimum Gasteiger partial charge on any atom is -0.490 e. The van der Waals surface area contributed by atoms with Gasteiger partial charge in [-0.2, -0.15) is 5.26 Å². The van der Waals surface area contributed by atoms with E-state index >= 15 is 0 Å². The summed E-state index contributed by atoms with van der Waals surface area (Å²) in [7, 11) is 0. The zero-order chi connectivity index (χ0) is 26.4. The molecular formula is C31H27ClN2O3. The van der Waals surface area contributed by atoms with Crippen LogP contribution in [0.5, 0.6) is 11.5 Å². The Kier molecular flexibility index (Phi) is 8.12. The van der Waals surface area contributed by atoms with Crippen LogP contribution in [0.4, 0.5) is 5.69 Å². The third-order valence-corrected chi connectivity index (χ3v) is 6.25. The lowest BCUT2D eigenvalue weighted by Crippen LogP contribution is -2.13. The zero-order valence-corrected chi connectivity index (χ0v) is 21.7. The van der Waals surface area contributed by atoms with E-state index in [4.69, 9.17) is 21.1 Å². The van der Waals surface area contributed by atoms with Gasteiger partial charge in [0.05, 0.1) is 11.6 Å². The number of hydrogen-bond acceptors (Lipinski definition) is 4. The number of carbonyl (C=O) groups is 1. The molecule has 5 nitrogen and oxygen atoms in total. The normalized spacial score (nSPS) is 11.2. The highest BCUT2D eigenvalue weighted by molar-refractivity contribution is 6.32. The minimum absolute atomic E-state index is 0.0541. The number of benzene rings is 4. The fraction of sp³-hybridized carbons (Fsp3) is 0.161. The summed E-state index contributed by atoms with van der Waals surface area (Å²) < 4.78 is 11.9. The summed E-state index contributed by atoms with van der Waals surface area (Å²) in [6, 6.07) is 25.2. The van der Waals surface area contributed by atoms with Gasteiger partial charge in [-0.3, -0.25) is 4.79 Å². The summed E-state index contributed by atoms with van der Waals surface area (Å²) in [6.45, 7) is 6.53. The van der Waals surface area contributed by atoms with E-state index in [1.807, 2.05) is 57.2 Å². The number of halogens is 1. The Hall–Kier alpha value is -4.27. The number of carbonyl (C=O) groups excluding carboxylic acids is 1. The van der Waals surface area contributed by atoms with Crippen molar-refractivity contribution in [2.75, 3.05) is 11.9 Å². The van der Waals surface area contributed by atoms with Crippen LogP contribution in [0.25, 0.3) is 16.8 Å². The van der Waals surface area contributed by atoms with Gasteiger partial charge < -0.3 is 14.8 Å². The van der Waals surface area contributed by atoms with Gasteiger partial charge in [-0.05, 0) is 90.2 Å². The predicted molar refractivity (Wildman–Crippen MR) is 149 cm³/mol. The van der Waals surface area contributed by atoms with Crippen LogP contribution >= 0.6 is 11.6 Å². The average Bonchev–Trinajstić information content (AvgIpc) is 2.89. The molecule has 0 aliphatic carbocycles. The van der Waals surface area contributed by atoms with Gasteiger partial charge in [-0.15, -0.1) is 0 Å². The van der Waals surface area contributed by atoms with Crippen LogP contribution in [0.3, 0.4) is 0 Å². The standard InChI is InChI=1S/C31H27ClN2O3/c1-4-36-29-17-23(15-26(18-33)31(35)34-27-12-9-20(2)21(3)13-27)16-28(32)30(29)37-19-22-10-11-24-7-5-6-8-25(24)14-22/h5-17H,4,19H2,1-3H3,(H,34,35)/b26-15+. The predicted octanol–water partition coefficient (Wildman–Crippen LogP) is 7.63. The molecule has 0 spiro atoms. The molecule has 0 bridgehead atoms. The molecule has 0 aromatic heterocycles. The van der Waals surface area contributed by atoms with Crippen LogP contribution in [-0.4, -0.2) is 12.5 Å². The largest absolute Gasteiger partial charge is 0.490 e. The summed E-state index contributed by atoms with van der Waals surface area (Å²) >= 11 is 6.58. The number of aryl methyl sites for hydroxylation is 2. The van der Waals surface area contributed by atoms with Crippen LogP contribution in [0, 0.1) is 25.2 Å². The van der Waals surface area contributed by atoms with E-state index in [-0.39, 0.29) is 5.57 Å². The van der Waals surface area contributed by atoms with Crippen LogP contribution in [0.15, 0.2) is 78.4 Å². The molecule has 0 heterocycles. The van der Waals surface area contributed by atoms with Gasteiger partial charge in [0.15, 0.2) is 11.5 Å². The van der Waals surface area contributed by atoms with E-state index in [9.17, 15) is 10.1 Å². The lowest BCUT2D eigenvalue weighted by Gasteiger charge is -2.15. The van der Waals surface area contributed by atoms with Gasteiger partial charge in [-0.25, -0.2) is 0 Å². The van der Waals surface area contributed by atoms with Crippen molar-refractivity contribution in [1.82, 2.24) is 0 Å². The zero-order valence-electron chi connectivity index (χ0n) is 21.0. The molecule has 0 radical (unpaired) electrons. The molecule has 0 saturated carbocycles. The van der Waals surface area contributed by atoms with Crippen molar-refractivity contribution < 1.29 is 14.3 Å². The highest BCUT2D eigenvalue weighted by Gasteiger charge is 2.15. The van der Waals surface area contributed by atoms with Crippen molar-refractivity contribution >= 4 is 40.0 Å². The fourth-order valence-corrected chi connectivity index (χ4v) is 4.16. The molecule has 1 amide bonds. The number of nitrogens with one attached hydrogen (secondary N) is 1. The van der Waals surface area contributed by atoms with Crippen molar-refractivity contribution in [1.29, 1.82) is 5.26 Å². The molecule has 0 unspecified atom stereocenters. The van der Waals surface area contributed by atoms with Crippen molar-refractivity contribution in [2.24, 2.45) is 0 Å². The first-order valence-corrected chi connectivity index (χ1v) is 12.3. The molecule has 186 valence electrons. The number of ether oxygens (including phenoxy) is 2. The number of hydrogen-bond donors (Lipinski definition) is 1. The Morgan fingerprint density at radius 3 is 2.49 bits per heavy atom. The maximum atomic E-state index is 12.8. The monoisotopic (exact) mass is 510 g/mol. The first-order valence-electron chi connectivity index (χ1n) is 11.9. The summed E-state index contributed by atoms with van der Waals surface area (Å²) in [5, 5.41) is 15.0. The average molecular weight is 511 g/mol. The summed E-state index contributed by atoms with van der Waals surface area (Å²) in [5.41, 5.74) is 4.29. The SMILES string of the molecule is CCOc1cc(/C=C(\C#N)C(=O)Nc2ccc(C)c(C)c2)cc(Cl)c1OCc1ccc2ccccc2c1. The Labute approximate surface area is 221 Å². The van der Waals surface area contributed by atoms with Gasteiger partial charge in [-0.1, -0.05) is 54.1 Å². The Morgan fingerprint density at radius 2 is 1.76 bits per heavy atom. The number of anilines is 1. The second-order valence-electron chi connectivity index (χ2n) is 8.66. The van der Waals surface area contributed by atoms with Crippen molar-refractivity contribution in [3.63, 3.8) is 0 Å². The first-order chi connectivity index (χ1) is 17.9. The van der Waals surface area contributed by atoms with E-state index in [0.717, 1.165) is 27.5 Å². The smallest absolute Gasteiger partial charge is 0.266 e. The topological polar surface area (TPSA) is 71.3 Å². The summed E-state index contributed by atoms with van der Waals surface area (Å²) in [5.74, 6) is 0.345. The Morgan fingerprint density at radius 1 is 0.973 bits per heavy atom. The third kappa shape index (κ3) is 6.30. The van der Waals surface area contributed by atoms with Gasteiger partial charge in [0.1, 0.15) is 18.2 Å². The molecule has 4 aromatic carbocycles. The van der Waals surface area contributed by atoms with Gasteiger partial charge in [0.2, 0.25) is 0 Å². The lowest BCUT2D eigenvalue weighted by molar-refractivity contribution is -0.112. The minimum atomic E-state index is -0.503. The quantitative estimate of drug-likeness (QED) is 0.195. The van der Waals surface area contributed by atoms with Crippen molar-refractivity contribution in [3.05, 3.63) is 106 Å². The third-order valence-electron chi connectivity index (χ3n) is 5.97. The van der Waals surface area contributed by atoms with E-state index in [2.05, 4.69) is 29.6 Å². The van der Waals surface area contributed by atoms with Crippen LogP contribution in [0.1, 0.15) is 29.2 Å². The highest BCUT2D eigenvalue weighted by Crippen LogP contribution is 2.38. The molecular weight excluding hydrogens is 484 g/mol. The molecule has 0 aliphatic heterocycles. The van der Waals surface area contributed by atoms with Gasteiger partial charge in [0, 0.05) is 5.69 Å². The van der Waals surface area contributed by atoms with Crippen LogP contribution in [-0.2, 0) is 11.4 Å². The molecule has 0 fully saturated rings. The first kappa shape index (κ1) is 25.8. The fourth-order valence-electron chi connectivity index (χ4n) is 3.89. The van der Waals surface area contributed by atoms with E-state index in [1.165, 1.54) is 6.08 Å². The summed E-state index contributed by atoms with van der Waals surface area (Å²) in [4.78, 5) is 12.8. The van der Waals surface area contributed by atoms with Crippen LogP contribution < -0.4 is 14.8 Å². The van der Waals surface area contributed by atoms with Crippen molar-refractivity contribution in [3.8, 4) is 17.6 Å². The van der Waals surface area contributed by atoms with E-state index < -0.39 is 5.91 Å². The molecule has 0 atom stereocenters. The second-order valence-corrected chi connectivity index (χ2v) is 9.06. The Bertz CT molecular complexity index is 1540. The molecule has 1 N–H and O–H groups in total. The maximum absolute atomic E-state index is 12.8. The molecule has 4 aromatic rings. The van der Waals surface area contributed by atoms with E-state index in [1.54, 1.807) is 18.2 Å². The molecule has 37 heavy (non-hydrogen) atoms. The summed E-state index contributed by atoms with van der Waals surface area (Å²) in [6.07, 6.45) is 1.48. The van der Waals surface area contributed by atoms with Gasteiger partial charge in [0.25, 0.3) is 5.91 Å². The van der Waals surface area contributed by atoms with Crippen molar-refractivity contribution in [2.45, 2.75) is 27.4 Å². The Balaban J connectivity index is 1.56. The number of nitriles is 1. The number of fused-ring (bicyclic) bond motifs is 1. The number of nitrogens with zero attached hydrogens (tertiary/aromatic N) is 1. The van der Waals surface area contributed by atoms with Crippen LogP contribution in [0.2, 0.25) is 5.02 Å². The van der Waals surface area contributed by atoms with E-state index in [0.29, 0.717) is 41.0 Å². The second kappa shape index (κ2) is 11.6. The number of rotatable bonds is 8.